The van der Waals surface area contributed by atoms with E-state index in [0.717, 1.165) is 22.9 Å². The van der Waals surface area contributed by atoms with Crippen LogP contribution >= 0.6 is 0 Å². The zero-order valence-electron chi connectivity index (χ0n) is 12.0. The molecule has 2 aromatic rings. The molecule has 108 valence electrons. The molecular formula is C16H22N2O2. The maximum absolute atomic E-state index is 12.1. The summed E-state index contributed by atoms with van der Waals surface area (Å²) in [4.78, 5) is 15.2. The number of hydrogen-bond donors (Lipinski definition) is 3. The smallest absolute Gasteiger partial charge is 0.224 e. The zero-order valence-corrected chi connectivity index (χ0v) is 12.0. The van der Waals surface area contributed by atoms with E-state index in [0.29, 0.717) is 12.3 Å². The van der Waals surface area contributed by atoms with Crippen molar-refractivity contribution in [3.8, 4) is 0 Å². The number of amides is 1. The molecule has 0 spiro atoms. The van der Waals surface area contributed by atoms with Crippen LogP contribution in [0, 0.1) is 5.92 Å². The van der Waals surface area contributed by atoms with Crippen LogP contribution in [0.2, 0.25) is 0 Å². The van der Waals surface area contributed by atoms with E-state index >= 15 is 0 Å². The second-order valence-electron chi connectivity index (χ2n) is 5.61. The van der Waals surface area contributed by atoms with Crippen LogP contribution in [0.15, 0.2) is 30.5 Å². The summed E-state index contributed by atoms with van der Waals surface area (Å²) in [5, 5.41) is 13.3. The van der Waals surface area contributed by atoms with Gasteiger partial charge in [-0.2, -0.15) is 0 Å². The lowest BCUT2D eigenvalue weighted by molar-refractivity contribution is -0.121. The highest BCUT2D eigenvalue weighted by molar-refractivity contribution is 5.88. The first-order valence-electron chi connectivity index (χ1n) is 7.05. The highest BCUT2D eigenvalue weighted by Gasteiger charge is 2.14. The molecule has 0 aliphatic carbocycles. The molecule has 20 heavy (non-hydrogen) atoms. The van der Waals surface area contributed by atoms with Gasteiger partial charge in [-0.3, -0.25) is 4.79 Å². The minimum Gasteiger partial charge on any atom is -0.394 e. The number of carbonyl (C=O) groups excluding carboxylic acids is 1. The van der Waals surface area contributed by atoms with Gasteiger partial charge in [0.15, 0.2) is 0 Å². The molecule has 4 heteroatoms. The zero-order chi connectivity index (χ0) is 14.5. The Morgan fingerprint density at radius 3 is 2.80 bits per heavy atom. The third kappa shape index (κ3) is 3.61. The summed E-state index contributed by atoms with van der Waals surface area (Å²) < 4.78 is 0. The Hall–Kier alpha value is -1.81. The predicted molar refractivity (Wildman–Crippen MR) is 80.5 cm³/mol. The first-order chi connectivity index (χ1) is 9.60. The van der Waals surface area contributed by atoms with Crippen LogP contribution in [-0.2, 0) is 11.2 Å². The topological polar surface area (TPSA) is 65.1 Å². The number of nitrogens with one attached hydrogen (secondary N) is 2. The summed E-state index contributed by atoms with van der Waals surface area (Å²) in [6.45, 7) is 4.14. The molecule has 0 radical (unpaired) electrons. The molecule has 4 nitrogen and oxygen atoms in total. The Morgan fingerprint density at radius 2 is 2.10 bits per heavy atom. The van der Waals surface area contributed by atoms with Crippen molar-refractivity contribution in [2.45, 2.75) is 32.7 Å². The maximum Gasteiger partial charge on any atom is 0.224 e. The monoisotopic (exact) mass is 274 g/mol. The summed E-state index contributed by atoms with van der Waals surface area (Å²) in [7, 11) is 0. The number of benzene rings is 1. The molecule has 1 aromatic heterocycles. The Bertz CT molecular complexity index is 575. The van der Waals surface area contributed by atoms with Crippen molar-refractivity contribution in [1.29, 1.82) is 0 Å². The number of H-pyrrole nitrogens is 1. The summed E-state index contributed by atoms with van der Waals surface area (Å²) in [6.07, 6.45) is 3.00. The highest BCUT2D eigenvalue weighted by Crippen LogP contribution is 2.18. The van der Waals surface area contributed by atoms with Crippen LogP contribution in [0.25, 0.3) is 10.9 Å². The number of aliphatic hydroxyl groups is 1. The minimum absolute atomic E-state index is 0.0161. The van der Waals surface area contributed by atoms with Crippen molar-refractivity contribution in [3.05, 3.63) is 36.0 Å². The van der Waals surface area contributed by atoms with Crippen LogP contribution in [0.3, 0.4) is 0 Å². The third-order valence-electron chi connectivity index (χ3n) is 3.37. The van der Waals surface area contributed by atoms with Gasteiger partial charge in [-0.1, -0.05) is 32.0 Å². The van der Waals surface area contributed by atoms with E-state index in [-0.39, 0.29) is 18.6 Å². The van der Waals surface area contributed by atoms with Crippen molar-refractivity contribution >= 4 is 16.8 Å². The van der Waals surface area contributed by atoms with Crippen LogP contribution in [-0.4, -0.2) is 28.6 Å². The van der Waals surface area contributed by atoms with E-state index in [9.17, 15) is 9.90 Å². The molecule has 0 saturated carbocycles. The number of rotatable bonds is 6. The summed E-state index contributed by atoms with van der Waals surface area (Å²) in [5.41, 5.74) is 2.02. The van der Waals surface area contributed by atoms with E-state index in [4.69, 9.17) is 0 Å². The predicted octanol–water partition coefficient (Wildman–Crippen LogP) is 2.23. The Kier molecular flexibility index (Phi) is 4.79. The third-order valence-corrected chi connectivity index (χ3v) is 3.37. The second-order valence-corrected chi connectivity index (χ2v) is 5.61. The molecule has 3 N–H and O–H groups in total. The van der Waals surface area contributed by atoms with Gasteiger partial charge in [0.25, 0.3) is 0 Å². The molecule has 1 aromatic carbocycles. The highest BCUT2D eigenvalue weighted by atomic mass is 16.3. The lowest BCUT2D eigenvalue weighted by Gasteiger charge is -2.18. The SMILES string of the molecule is CC(C)CC(CO)NC(=O)Cc1c[nH]c2ccccc12. The molecule has 1 amide bonds. The van der Waals surface area contributed by atoms with E-state index in [1.807, 2.05) is 30.5 Å². The van der Waals surface area contributed by atoms with Gasteiger partial charge in [0.2, 0.25) is 5.91 Å². The fourth-order valence-electron chi connectivity index (χ4n) is 2.48. The first kappa shape index (κ1) is 14.6. The molecule has 0 saturated heterocycles. The van der Waals surface area contributed by atoms with Crippen LogP contribution in [0.5, 0.6) is 0 Å². The molecule has 0 bridgehead atoms. The fraction of sp³-hybridized carbons (Fsp3) is 0.438. The van der Waals surface area contributed by atoms with E-state index in [2.05, 4.69) is 24.1 Å². The van der Waals surface area contributed by atoms with Gasteiger partial charge in [0, 0.05) is 17.1 Å². The maximum atomic E-state index is 12.1. The summed E-state index contributed by atoms with van der Waals surface area (Å²) in [5.74, 6) is 0.398. The van der Waals surface area contributed by atoms with Crippen LogP contribution in [0.4, 0.5) is 0 Å². The number of aromatic amines is 1. The molecule has 0 aliphatic heterocycles. The van der Waals surface area contributed by atoms with Crippen molar-refractivity contribution < 1.29 is 9.90 Å². The van der Waals surface area contributed by atoms with E-state index in [1.165, 1.54) is 0 Å². The molecule has 1 atom stereocenters. The van der Waals surface area contributed by atoms with Crippen molar-refractivity contribution in [1.82, 2.24) is 10.3 Å². The van der Waals surface area contributed by atoms with Gasteiger partial charge >= 0.3 is 0 Å². The van der Waals surface area contributed by atoms with Gasteiger partial charge in [0.1, 0.15) is 0 Å². The Morgan fingerprint density at radius 1 is 1.35 bits per heavy atom. The largest absolute Gasteiger partial charge is 0.394 e. The number of aromatic nitrogens is 1. The van der Waals surface area contributed by atoms with Crippen molar-refractivity contribution in [2.24, 2.45) is 5.92 Å². The fourth-order valence-corrected chi connectivity index (χ4v) is 2.48. The Labute approximate surface area is 119 Å². The second kappa shape index (κ2) is 6.57. The summed E-state index contributed by atoms with van der Waals surface area (Å²) >= 11 is 0. The standard InChI is InChI=1S/C16H22N2O2/c1-11(2)7-13(10-19)18-16(20)8-12-9-17-15-6-4-3-5-14(12)15/h3-6,9,11,13,17,19H,7-8,10H2,1-2H3,(H,18,20). The van der Waals surface area contributed by atoms with Crippen molar-refractivity contribution in [2.75, 3.05) is 6.61 Å². The molecule has 0 fully saturated rings. The average Bonchev–Trinajstić information content (AvgIpc) is 2.81. The van der Waals surface area contributed by atoms with Gasteiger partial charge in [0.05, 0.1) is 19.1 Å². The lowest BCUT2D eigenvalue weighted by Crippen LogP contribution is -2.39. The first-order valence-corrected chi connectivity index (χ1v) is 7.05. The average molecular weight is 274 g/mol. The molecule has 2 rings (SSSR count). The number of hydrogen-bond acceptors (Lipinski definition) is 2. The van der Waals surface area contributed by atoms with Crippen molar-refractivity contribution in [3.63, 3.8) is 0 Å². The normalized spacial score (nSPS) is 12.8. The minimum atomic E-state index is -0.160. The number of para-hydroxylation sites is 1. The number of fused-ring (bicyclic) bond motifs is 1. The molecular weight excluding hydrogens is 252 g/mol. The summed E-state index contributed by atoms with van der Waals surface area (Å²) in [6, 6.07) is 7.77. The number of carbonyl (C=O) groups is 1. The molecule has 0 aliphatic rings. The lowest BCUT2D eigenvalue weighted by atomic mass is 10.0. The van der Waals surface area contributed by atoms with Gasteiger partial charge in [-0.25, -0.2) is 0 Å². The number of aliphatic hydroxyl groups excluding tert-OH is 1. The van der Waals surface area contributed by atoms with E-state index < -0.39 is 0 Å². The molecule has 1 unspecified atom stereocenters. The molecule has 1 heterocycles. The quantitative estimate of drug-likeness (QED) is 0.756. The van der Waals surface area contributed by atoms with Crippen LogP contribution < -0.4 is 5.32 Å². The van der Waals surface area contributed by atoms with E-state index in [1.54, 1.807) is 0 Å². The Balaban J connectivity index is 2.00. The van der Waals surface area contributed by atoms with Gasteiger partial charge in [-0.15, -0.1) is 0 Å². The van der Waals surface area contributed by atoms with Gasteiger partial charge < -0.3 is 15.4 Å². The van der Waals surface area contributed by atoms with Gasteiger partial charge in [-0.05, 0) is 24.0 Å². The van der Waals surface area contributed by atoms with Crippen LogP contribution in [0.1, 0.15) is 25.8 Å².